The normalized spacial score (nSPS) is 14.6. The number of hydrogen-bond donors (Lipinski definition) is 2. The molecule has 1 fully saturated rings. The third-order valence-electron chi connectivity index (χ3n) is 4.42. The predicted octanol–water partition coefficient (Wildman–Crippen LogP) is 5.68. The van der Waals surface area contributed by atoms with Gasteiger partial charge in [0.05, 0.1) is 21.8 Å². The molecule has 1 aromatic heterocycles. The van der Waals surface area contributed by atoms with Gasteiger partial charge in [0.1, 0.15) is 5.82 Å². The van der Waals surface area contributed by atoms with Gasteiger partial charge in [-0.3, -0.25) is 4.79 Å². The Kier molecular flexibility index (Phi) is 5.81. The van der Waals surface area contributed by atoms with Gasteiger partial charge in [0.25, 0.3) is 5.91 Å². The molecule has 144 valence electrons. The average molecular weight is 418 g/mol. The molecular formula is C18H16Cl2F3N3O. The summed E-state index contributed by atoms with van der Waals surface area (Å²) in [7, 11) is 0. The molecule has 4 nitrogen and oxygen atoms in total. The first-order valence-corrected chi connectivity index (χ1v) is 9.07. The number of nitrogens with one attached hydrogen (secondary N) is 2. The number of pyridine rings is 1. The second-order valence-electron chi connectivity index (χ2n) is 6.37. The summed E-state index contributed by atoms with van der Waals surface area (Å²) in [5.41, 5.74) is -1.21. The Morgan fingerprint density at radius 2 is 1.96 bits per heavy atom. The van der Waals surface area contributed by atoms with Crippen LogP contribution in [0.3, 0.4) is 0 Å². The highest BCUT2D eigenvalue weighted by atomic mass is 35.5. The molecule has 0 radical (unpaired) electrons. The summed E-state index contributed by atoms with van der Waals surface area (Å²) >= 11 is 11.8. The number of hydrogen-bond acceptors (Lipinski definition) is 3. The van der Waals surface area contributed by atoms with Gasteiger partial charge in [-0.15, -0.1) is 0 Å². The molecule has 0 spiro atoms. The van der Waals surface area contributed by atoms with Crippen molar-refractivity contribution in [3.8, 4) is 0 Å². The van der Waals surface area contributed by atoms with Gasteiger partial charge in [-0.05, 0) is 43.0 Å². The number of alkyl halides is 3. The zero-order chi connectivity index (χ0) is 19.6. The maximum Gasteiger partial charge on any atom is 0.417 e. The Balaban J connectivity index is 1.83. The molecule has 0 unspecified atom stereocenters. The van der Waals surface area contributed by atoms with Crippen LogP contribution < -0.4 is 10.6 Å². The van der Waals surface area contributed by atoms with E-state index in [0.717, 1.165) is 31.5 Å². The standard InChI is InChI=1S/C18H16Cl2F3N3O/c19-11-4-5-15(14(20)6-11)26-16-7-13(18(21,22)23)12(9-24-16)17(27)25-8-10-2-1-3-10/h4-7,9-10H,1-3,8H2,(H,24,26)(H,25,27). The van der Waals surface area contributed by atoms with Crippen molar-refractivity contribution in [2.24, 2.45) is 5.92 Å². The van der Waals surface area contributed by atoms with E-state index in [1.165, 1.54) is 12.1 Å². The van der Waals surface area contributed by atoms with Crippen molar-refractivity contribution in [3.05, 3.63) is 51.6 Å². The molecule has 9 heteroatoms. The fraction of sp³-hybridized carbons (Fsp3) is 0.333. The molecule has 1 aromatic carbocycles. The molecule has 0 saturated heterocycles. The minimum absolute atomic E-state index is 0.0814. The van der Waals surface area contributed by atoms with Crippen molar-refractivity contribution in [1.29, 1.82) is 0 Å². The lowest BCUT2D eigenvalue weighted by Crippen LogP contribution is -2.33. The van der Waals surface area contributed by atoms with Crippen LogP contribution in [0.25, 0.3) is 0 Å². The lowest BCUT2D eigenvalue weighted by molar-refractivity contribution is -0.137. The molecular weight excluding hydrogens is 402 g/mol. The minimum atomic E-state index is -4.70. The van der Waals surface area contributed by atoms with E-state index in [2.05, 4.69) is 15.6 Å². The molecule has 3 rings (SSSR count). The Labute approximate surface area is 164 Å². The second kappa shape index (κ2) is 7.94. The minimum Gasteiger partial charge on any atom is -0.352 e. The van der Waals surface area contributed by atoms with Crippen molar-refractivity contribution in [3.63, 3.8) is 0 Å². The highest BCUT2D eigenvalue weighted by Crippen LogP contribution is 2.35. The Bertz CT molecular complexity index is 854. The van der Waals surface area contributed by atoms with E-state index in [1.54, 1.807) is 6.07 Å². The van der Waals surface area contributed by atoms with Gasteiger partial charge >= 0.3 is 6.18 Å². The highest BCUT2D eigenvalue weighted by Gasteiger charge is 2.36. The lowest BCUT2D eigenvalue weighted by atomic mass is 9.85. The van der Waals surface area contributed by atoms with Crippen molar-refractivity contribution in [1.82, 2.24) is 10.3 Å². The third-order valence-corrected chi connectivity index (χ3v) is 4.97. The molecule has 2 aromatic rings. The molecule has 1 amide bonds. The van der Waals surface area contributed by atoms with Crippen LogP contribution in [0.5, 0.6) is 0 Å². The van der Waals surface area contributed by atoms with Crippen molar-refractivity contribution in [2.45, 2.75) is 25.4 Å². The molecule has 1 aliphatic carbocycles. The number of halogens is 5. The largest absolute Gasteiger partial charge is 0.417 e. The highest BCUT2D eigenvalue weighted by molar-refractivity contribution is 6.36. The van der Waals surface area contributed by atoms with Gasteiger partial charge in [-0.1, -0.05) is 29.6 Å². The molecule has 0 atom stereocenters. The predicted molar refractivity (Wildman–Crippen MR) is 98.7 cm³/mol. The molecule has 1 heterocycles. The molecule has 0 bridgehead atoms. The van der Waals surface area contributed by atoms with Crippen LogP contribution in [0, 0.1) is 5.92 Å². The number of rotatable bonds is 5. The van der Waals surface area contributed by atoms with E-state index in [4.69, 9.17) is 23.2 Å². The fourth-order valence-electron chi connectivity index (χ4n) is 2.70. The number of amides is 1. The second-order valence-corrected chi connectivity index (χ2v) is 7.21. The first-order valence-electron chi connectivity index (χ1n) is 8.31. The van der Waals surface area contributed by atoms with E-state index in [1.807, 2.05) is 0 Å². The van der Waals surface area contributed by atoms with Crippen LogP contribution in [-0.4, -0.2) is 17.4 Å². The van der Waals surface area contributed by atoms with Crippen LogP contribution in [0.2, 0.25) is 10.0 Å². The molecule has 27 heavy (non-hydrogen) atoms. The Morgan fingerprint density at radius 1 is 1.22 bits per heavy atom. The zero-order valence-corrected chi connectivity index (χ0v) is 15.5. The first-order chi connectivity index (χ1) is 12.7. The van der Waals surface area contributed by atoms with Gasteiger partial charge < -0.3 is 10.6 Å². The topological polar surface area (TPSA) is 54.0 Å². The summed E-state index contributed by atoms with van der Waals surface area (Å²) < 4.78 is 40.4. The molecule has 1 aliphatic rings. The van der Waals surface area contributed by atoms with Crippen molar-refractivity contribution >= 4 is 40.6 Å². The van der Waals surface area contributed by atoms with Gasteiger partial charge in [0.15, 0.2) is 0 Å². The Hall–Kier alpha value is -1.99. The monoisotopic (exact) mass is 417 g/mol. The summed E-state index contributed by atoms with van der Waals surface area (Å²) in [5, 5.41) is 5.91. The van der Waals surface area contributed by atoms with Gasteiger partial charge in [-0.25, -0.2) is 4.98 Å². The van der Waals surface area contributed by atoms with E-state index < -0.39 is 23.2 Å². The SMILES string of the molecule is O=C(NCC1CCC1)c1cnc(Nc2ccc(Cl)cc2Cl)cc1C(F)(F)F. The molecule has 0 aliphatic heterocycles. The maximum atomic E-state index is 13.5. The van der Waals surface area contributed by atoms with Crippen LogP contribution in [0.15, 0.2) is 30.5 Å². The maximum absolute atomic E-state index is 13.5. The smallest absolute Gasteiger partial charge is 0.352 e. The first kappa shape index (κ1) is 19.8. The van der Waals surface area contributed by atoms with Crippen LogP contribution >= 0.6 is 23.2 Å². The van der Waals surface area contributed by atoms with Gasteiger partial charge in [0.2, 0.25) is 0 Å². The Morgan fingerprint density at radius 3 is 2.56 bits per heavy atom. The molecule has 2 N–H and O–H groups in total. The number of carbonyl (C=O) groups is 1. The lowest BCUT2D eigenvalue weighted by Gasteiger charge is -2.25. The van der Waals surface area contributed by atoms with Crippen LogP contribution in [-0.2, 0) is 6.18 Å². The van der Waals surface area contributed by atoms with Crippen LogP contribution in [0.1, 0.15) is 35.2 Å². The summed E-state index contributed by atoms with van der Waals surface area (Å²) in [5.74, 6) is -0.524. The van der Waals surface area contributed by atoms with E-state index in [-0.39, 0.29) is 10.8 Å². The number of benzene rings is 1. The van der Waals surface area contributed by atoms with Crippen molar-refractivity contribution in [2.75, 3.05) is 11.9 Å². The van der Waals surface area contributed by atoms with Crippen molar-refractivity contribution < 1.29 is 18.0 Å². The van der Waals surface area contributed by atoms with E-state index >= 15 is 0 Å². The van der Waals surface area contributed by atoms with Crippen LogP contribution in [0.4, 0.5) is 24.7 Å². The number of carbonyl (C=O) groups excluding carboxylic acids is 1. The third kappa shape index (κ3) is 4.84. The summed E-state index contributed by atoms with van der Waals surface area (Å²) in [6.07, 6.45) is -0.731. The molecule has 1 saturated carbocycles. The summed E-state index contributed by atoms with van der Waals surface area (Å²) in [6, 6.07) is 5.32. The number of nitrogens with zero attached hydrogens (tertiary/aromatic N) is 1. The number of aromatic nitrogens is 1. The quantitative estimate of drug-likeness (QED) is 0.657. The van der Waals surface area contributed by atoms with Gasteiger partial charge in [-0.2, -0.15) is 13.2 Å². The number of anilines is 2. The average Bonchev–Trinajstić information content (AvgIpc) is 2.55. The fourth-order valence-corrected chi connectivity index (χ4v) is 3.15. The van der Waals surface area contributed by atoms with E-state index in [0.29, 0.717) is 23.2 Å². The summed E-state index contributed by atoms with van der Waals surface area (Å²) in [6.45, 7) is 0.372. The van der Waals surface area contributed by atoms with E-state index in [9.17, 15) is 18.0 Å². The summed E-state index contributed by atoms with van der Waals surface area (Å²) in [4.78, 5) is 16.1. The zero-order valence-electron chi connectivity index (χ0n) is 14.0. The van der Waals surface area contributed by atoms with Gasteiger partial charge in [0, 0.05) is 17.8 Å².